The van der Waals surface area contributed by atoms with Gasteiger partial charge in [0.15, 0.2) is 0 Å². The van der Waals surface area contributed by atoms with Gasteiger partial charge in [0.2, 0.25) is 0 Å². The van der Waals surface area contributed by atoms with E-state index in [4.69, 9.17) is 4.98 Å². The van der Waals surface area contributed by atoms with Gasteiger partial charge in [0.05, 0.1) is 28.5 Å². The Balaban J connectivity index is 1.52. The van der Waals surface area contributed by atoms with Crippen LogP contribution in [-0.2, 0) is 6.54 Å². The highest BCUT2D eigenvalue weighted by Crippen LogP contribution is 2.32. The summed E-state index contributed by atoms with van der Waals surface area (Å²) < 4.78 is 3.11. The summed E-state index contributed by atoms with van der Waals surface area (Å²) in [4.78, 5) is 34.3. The van der Waals surface area contributed by atoms with E-state index in [9.17, 15) is 9.59 Å². The van der Waals surface area contributed by atoms with Gasteiger partial charge < -0.3 is 4.98 Å². The molecule has 1 N–H and O–H groups in total. The summed E-state index contributed by atoms with van der Waals surface area (Å²) in [7, 11) is 0. The Morgan fingerprint density at radius 3 is 2.59 bits per heavy atom. The predicted molar refractivity (Wildman–Crippen MR) is 128 cm³/mol. The molecule has 4 aromatic rings. The van der Waals surface area contributed by atoms with Crippen LogP contribution in [0.4, 0.5) is 0 Å². The van der Waals surface area contributed by atoms with Gasteiger partial charge in [-0.3, -0.25) is 13.9 Å². The Morgan fingerprint density at radius 1 is 1.06 bits per heavy atom. The van der Waals surface area contributed by atoms with E-state index in [1.165, 1.54) is 16.6 Å². The maximum Gasteiger partial charge on any atom is 0.332 e. The molecule has 0 saturated heterocycles. The standard InChI is InChI=1S/C26H30N4O2/c1-16(2)8-9-17(3)18-10-13-21-22(14-18)28-24(27-21)15-29-23-7-5-4-6-20(23)25(31)30(26(29)32)19-11-12-19/h4-7,10,13-14,16-17,19H,8-9,11-12,15H2,1-3H3,(H,27,28). The van der Waals surface area contributed by atoms with E-state index in [1.807, 2.05) is 18.2 Å². The number of aromatic amines is 1. The summed E-state index contributed by atoms with van der Waals surface area (Å²) in [6, 6.07) is 13.8. The molecule has 166 valence electrons. The molecule has 2 heterocycles. The van der Waals surface area contributed by atoms with Crippen molar-refractivity contribution in [3.8, 4) is 0 Å². The molecule has 1 unspecified atom stereocenters. The van der Waals surface area contributed by atoms with Gasteiger partial charge in [-0.15, -0.1) is 0 Å². The van der Waals surface area contributed by atoms with Crippen molar-refractivity contribution in [1.82, 2.24) is 19.1 Å². The molecular formula is C26H30N4O2. The van der Waals surface area contributed by atoms with E-state index < -0.39 is 0 Å². The average Bonchev–Trinajstić information content (AvgIpc) is 3.53. The SMILES string of the molecule is CC(C)CCC(C)c1ccc2nc(Cn3c(=O)n(C4CC4)c(=O)c4ccccc43)[nH]c2c1. The zero-order valence-corrected chi connectivity index (χ0v) is 19.0. The molecule has 2 aromatic carbocycles. The smallest absolute Gasteiger partial charge is 0.332 e. The van der Waals surface area contributed by atoms with Crippen LogP contribution in [-0.4, -0.2) is 19.1 Å². The van der Waals surface area contributed by atoms with Gasteiger partial charge in [0, 0.05) is 6.04 Å². The number of rotatable bonds is 7. The molecule has 1 saturated carbocycles. The number of nitrogens with one attached hydrogen (secondary N) is 1. The predicted octanol–water partition coefficient (Wildman–Crippen LogP) is 4.96. The topological polar surface area (TPSA) is 72.7 Å². The number of hydrogen-bond acceptors (Lipinski definition) is 3. The summed E-state index contributed by atoms with van der Waals surface area (Å²) >= 11 is 0. The van der Waals surface area contributed by atoms with Crippen molar-refractivity contribution < 1.29 is 0 Å². The van der Waals surface area contributed by atoms with Crippen molar-refractivity contribution in [2.24, 2.45) is 5.92 Å². The monoisotopic (exact) mass is 430 g/mol. The van der Waals surface area contributed by atoms with Crippen molar-refractivity contribution in [3.63, 3.8) is 0 Å². The van der Waals surface area contributed by atoms with Crippen LogP contribution in [0.5, 0.6) is 0 Å². The average molecular weight is 431 g/mol. The second-order valence-corrected chi connectivity index (χ2v) is 9.62. The first-order chi connectivity index (χ1) is 15.4. The lowest BCUT2D eigenvalue weighted by Crippen LogP contribution is -2.39. The minimum absolute atomic E-state index is 0.0245. The van der Waals surface area contributed by atoms with E-state index >= 15 is 0 Å². The number of aromatic nitrogens is 4. The van der Waals surface area contributed by atoms with Crippen LogP contribution >= 0.6 is 0 Å². The van der Waals surface area contributed by atoms with E-state index in [1.54, 1.807) is 10.6 Å². The molecule has 0 radical (unpaired) electrons. The van der Waals surface area contributed by atoms with E-state index in [0.717, 1.165) is 36.1 Å². The van der Waals surface area contributed by atoms with Crippen LogP contribution in [0.2, 0.25) is 0 Å². The van der Waals surface area contributed by atoms with Crippen LogP contribution in [0.25, 0.3) is 21.9 Å². The van der Waals surface area contributed by atoms with Crippen LogP contribution in [0, 0.1) is 5.92 Å². The van der Waals surface area contributed by atoms with Gasteiger partial charge in [0.25, 0.3) is 5.56 Å². The number of imidazole rings is 1. The number of benzene rings is 2. The molecule has 6 nitrogen and oxygen atoms in total. The fourth-order valence-corrected chi connectivity index (χ4v) is 4.51. The molecule has 32 heavy (non-hydrogen) atoms. The molecule has 1 aliphatic rings. The van der Waals surface area contributed by atoms with Crippen molar-refractivity contribution in [3.05, 3.63) is 74.7 Å². The summed E-state index contributed by atoms with van der Waals surface area (Å²) in [5, 5.41) is 0.580. The number of para-hydroxylation sites is 1. The second-order valence-electron chi connectivity index (χ2n) is 9.62. The fraction of sp³-hybridized carbons (Fsp3) is 0.423. The Bertz CT molecular complexity index is 1410. The summed E-state index contributed by atoms with van der Waals surface area (Å²) in [5.74, 6) is 1.91. The van der Waals surface area contributed by atoms with Crippen molar-refractivity contribution >= 4 is 21.9 Å². The first-order valence-corrected chi connectivity index (χ1v) is 11.6. The minimum Gasteiger partial charge on any atom is -0.340 e. The molecule has 6 heteroatoms. The molecule has 0 spiro atoms. The van der Waals surface area contributed by atoms with E-state index in [-0.39, 0.29) is 17.3 Å². The highest BCUT2D eigenvalue weighted by Gasteiger charge is 2.29. The molecule has 0 amide bonds. The van der Waals surface area contributed by atoms with Crippen molar-refractivity contribution in [1.29, 1.82) is 0 Å². The summed E-state index contributed by atoms with van der Waals surface area (Å²) in [5.41, 5.74) is 3.41. The third-order valence-corrected chi connectivity index (χ3v) is 6.60. The molecule has 5 rings (SSSR count). The second kappa shape index (κ2) is 8.08. The lowest BCUT2D eigenvalue weighted by Gasteiger charge is -2.13. The summed E-state index contributed by atoms with van der Waals surface area (Å²) in [6.45, 7) is 7.09. The highest BCUT2D eigenvalue weighted by molar-refractivity contribution is 5.78. The number of H-pyrrole nitrogens is 1. The molecular weight excluding hydrogens is 400 g/mol. The quantitative estimate of drug-likeness (QED) is 0.450. The Kier molecular flexibility index (Phi) is 5.24. The maximum atomic E-state index is 13.3. The molecule has 2 aromatic heterocycles. The van der Waals surface area contributed by atoms with Crippen molar-refractivity contribution in [2.75, 3.05) is 0 Å². The first-order valence-electron chi connectivity index (χ1n) is 11.6. The Labute approximate surface area is 186 Å². The zero-order chi connectivity index (χ0) is 22.4. The van der Waals surface area contributed by atoms with Crippen LogP contribution in [0.1, 0.15) is 69.8 Å². The van der Waals surface area contributed by atoms with Crippen LogP contribution in [0.15, 0.2) is 52.1 Å². The molecule has 0 aliphatic heterocycles. The van der Waals surface area contributed by atoms with Gasteiger partial charge in [-0.25, -0.2) is 9.78 Å². The fourth-order valence-electron chi connectivity index (χ4n) is 4.51. The van der Waals surface area contributed by atoms with E-state index in [0.29, 0.717) is 29.3 Å². The Morgan fingerprint density at radius 2 is 1.84 bits per heavy atom. The minimum atomic E-state index is -0.250. The number of nitrogens with zero attached hydrogens (tertiary/aromatic N) is 3. The van der Waals surface area contributed by atoms with Gasteiger partial charge >= 0.3 is 5.69 Å². The lowest BCUT2D eigenvalue weighted by atomic mass is 9.93. The van der Waals surface area contributed by atoms with E-state index in [2.05, 4.69) is 44.0 Å². The molecule has 1 fully saturated rings. The van der Waals surface area contributed by atoms with Crippen molar-refractivity contribution in [2.45, 2.75) is 65.0 Å². The Hall–Kier alpha value is -3.15. The first kappa shape index (κ1) is 20.7. The third kappa shape index (κ3) is 3.78. The van der Waals surface area contributed by atoms with Gasteiger partial charge in [-0.1, -0.05) is 45.4 Å². The third-order valence-electron chi connectivity index (χ3n) is 6.60. The zero-order valence-electron chi connectivity index (χ0n) is 19.0. The van der Waals surface area contributed by atoms with Gasteiger partial charge in [-0.05, 0) is 60.9 Å². The molecule has 1 atom stereocenters. The maximum absolute atomic E-state index is 13.3. The largest absolute Gasteiger partial charge is 0.340 e. The number of fused-ring (bicyclic) bond motifs is 2. The van der Waals surface area contributed by atoms with Gasteiger partial charge in [-0.2, -0.15) is 0 Å². The van der Waals surface area contributed by atoms with Gasteiger partial charge in [0.1, 0.15) is 5.82 Å². The highest BCUT2D eigenvalue weighted by atomic mass is 16.2. The summed E-state index contributed by atoms with van der Waals surface area (Å²) in [6.07, 6.45) is 4.14. The van der Waals surface area contributed by atoms with Crippen LogP contribution < -0.4 is 11.2 Å². The molecule has 1 aliphatic carbocycles. The number of hydrogen-bond donors (Lipinski definition) is 1. The normalized spacial score (nSPS) is 15.1. The van der Waals surface area contributed by atoms with Crippen LogP contribution in [0.3, 0.4) is 0 Å². The lowest BCUT2D eigenvalue weighted by molar-refractivity contribution is 0.517. The molecule has 0 bridgehead atoms.